The van der Waals surface area contributed by atoms with Crippen LogP contribution in [0.5, 0.6) is 0 Å². The number of nitrogens with zero attached hydrogens (tertiary/aromatic N) is 5. The van der Waals surface area contributed by atoms with E-state index in [1.807, 2.05) is 12.1 Å². The molecule has 0 radical (unpaired) electrons. The first kappa shape index (κ1) is 15.0. The van der Waals surface area contributed by atoms with Crippen molar-refractivity contribution in [2.45, 2.75) is 31.0 Å². The van der Waals surface area contributed by atoms with Crippen molar-refractivity contribution in [1.82, 2.24) is 15.0 Å². The second kappa shape index (κ2) is 5.20. The monoisotopic (exact) mass is 370 g/mol. The number of morpholine rings is 1. The molecule has 0 aromatic carbocycles. The van der Waals surface area contributed by atoms with Crippen molar-refractivity contribution in [3.05, 3.63) is 23.4 Å². The fourth-order valence-electron chi connectivity index (χ4n) is 4.45. The predicted molar refractivity (Wildman–Crippen MR) is 99.4 cm³/mol. The summed E-state index contributed by atoms with van der Waals surface area (Å²) in [5.74, 6) is 2.92. The van der Waals surface area contributed by atoms with Crippen LogP contribution in [-0.2, 0) is 4.74 Å². The Labute approximate surface area is 156 Å². The van der Waals surface area contributed by atoms with Crippen LogP contribution < -0.4 is 15.5 Å². The third-order valence-corrected chi connectivity index (χ3v) is 6.51. The molecule has 2 aromatic heterocycles. The SMILES string of the molecule is Nc1ncc(-c2cc(N3CC4OC[C@H]43)nc(N3CC4CC3C4)n2)cc1Cl. The molecule has 5 aliphatic rings. The van der Waals surface area contributed by atoms with E-state index >= 15 is 0 Å². The Morgan fingerprint density at radius 2 is 2.04 bits per heavy atom. The van der Waals surface area contributed by atoms with Crippen molar-refractivity contribution >= 4 is 29.2 Å². The molecule has 5 fully saturated rings. The third-order valence-electron chi connectivity index (χ3n) is 6.21. The Balaban J connectivity index is 1.43. The van der Waals surface area contributed by atoms with Gasteiger partial charge in [0, 0.05) is 37.0 Å². The molecule has 7 nitrogen and oxygen atoms in total. The quantitative estimate of drug-likeness (QED) is 0.884. The zero-order valence-corrected chi connectivity index (χ0v) is 14.9. The Morgan fingerprint density at radius 3 is 2.65 bits per heavy atom. The van der Waals surface area contributed by atoms with Gasteiger partial charge in [0.25, 0.3) is 0 Å². The molecule has 1 saturated carbocycles. The Bertz CT molecular complexity index is 901. The molecule has 1 unspecified atom stereocenters. The molecule has 0 amide bonds. The number of rotatable bonds is 3. The Morgan fingerprint density at radius 1 is 1.15 bits per heavy atom. The molecule has 2 N–H and O–H groups in total. The van der Waals surface area contributed by atoms with Crippen LogP contribution in [0.25, 0.3) is 11.3 Å². The van der Waals surface area contributed by atoms with E-state index in [4.69, 9.17) is 32.0 Å². The molecule has 4 aliphatic heterocycles. The van der Waals surface area contributed by atoms with Gasteiger partial charge in [-0.25, -0.2) is 9.97 Å². The minimum Gasteiger partial charge on any atom is -0.382 e. The minimum absolute atomic E-state index is 0.336. The first-order valence-electron chi connectivity index (χ1n) is 9.11. The minimum atomic E-state index is 0.336. The average molecular weight is 371 g/mol. The molecule has 4 saturated heterocycles. The number of pyridine rings is 1. The highest BCUT2D eigenvalue weighted by molar-refractivity contribution is 6.33. The lowest BCUT2D eigenvalue weighted by molar-refractivity contribution is -0.113. The van der Waals surface area contributed by atoms with Gasteiger partial charge in [-0.15, -0.1) is 0 Å². The van der Waals surface area contributed by atoms with Crippen molar-refractivity contribution in [3.63, 3.8) is 0 Å². The van der Waals surface area contributed by atoms with Crippen LogP contribution in [0, 0.1) is 5.92 Å². The summed E-state index contributed by atoms with van der Waals surface area (Å²) in [6, 6.07) is 4.90. The third kappa shape index (κ3) is 2.07. The van der Waals surface area contributed by atoms with Crippen LogP contribution in [0.3, 0.4) is 0 Å². The van der Waals surface area contributed by atoms with Crippen LogP contribution in [0.2, 0.25) is 5.02 Å². The molecule has 2 bridgehead atoms. The molecular formula is C18H19ClN6O. The second-order valence-electron chi connectivity index (χ2n) is 7.74. The Kier molecular flexibility index (Phi) is 3.00. The van der Waals surface area contributed by atoms with E-state index in [2.05, 4.69) is 14.8 Å². The lowest BCUT2D eigenvalue weighted by Crippen LogP contribution is -2.71. The Hall–Kier alpha value is -2.12. The van der Waals surface area contributed by atoms with Crippen molar-refractivity contribution in [2.24, 2.45) is 5.92 Å². The highest BCUT2D eigenvalue weighted by Gasteiger charge is 2.49. The van der Waals surface area contributed by atoms with Gasteiger partial charge in [0.05, 0.1) is 29.5 Å². The lowest BCUT2D eigenvalue weighted by atomic mass is 9.86. The highest BCUT2D eigenvalue weighted by atomic mass is 35.5. The maximum Gasteiger partial charge on any atom is 0.228 e. The van der Waals surface area contributed by atoms with Gasteiger partial charge < -0.3 is 20.3 Å². The zero-order valence-electron chi connectivity index (χ0n) is 14.2. The van der Waals surface area contributed by atoms with Gasteiger partial charge in [0.15, 0.2) is 0 Å². The van der Waals surface area contributed by atoms with Crippen LogP contribution in [0.4, 0.5) is 17.6 Å². The molecule has 26 heavy (non-hydrogen) atoms. The van der Waals surface area contributed by atoms with Crippen LogP contribution in [0.1, 0.15) is 12.8 Å². The number of hydrogen-bond acceptors (Lipinski definition) is 7. The molecule has 8 heteroatoms. The first-order chi connectivity index (χ1) is 12.7. The lowest BCUT2D eigenvalue weighted by Gasteiger charge is -2.55. The molecule has 1 aliphatic carbocycles. The maximum atomic E-state index is 6.18. The van der Waals surface area contributed by atoms with Crippen molar-refractivity contribution in [1.29, 1.82) is 0 Å². The van der Waals surface area contributed by atoms with Gasteiger partial charge in [0.1, 0.15) is 11.6 Å². The van der Waals surface area contributed by atoms with Crippen molar-refractivity contribution in [3.8, 4) is 11.3 Å². The number of anilines is 3. The topological polar surface area (TPSA) is 80.4 Å². The number of halogens is 1. The summed E-state index contributed by atoms with van der Waals surface area (Å²) in [5, 5.41) is 0.448. The molecule has 6 heterocycles. The smallest absolute Gasteiger partial charge is 0.228 e. The summed E-state index contributed by atoms with van der Waals surface area (Å²) in [6.45, 7) is 2.74. The van der Waals surface area contributed by atoms with E-state index in [1.54, 1.807) is 6.20 Å². The normalized spacial score (nSPS) is 31.1. The largest absolute Gasteiger partial charge is 0.382 e. The van der Waals surface area contributed by atoms with Crippen LogP contribution in [-0.4, -0.2) is 52.8 Å². The summed E-state index contributed by atoms with van der Waals surface area (Å²) in [6.07, 6.45) is 4.62. The van der Waals surface area contributed by atoms with Crippen molar-refractivity contribution < 1.29 is 4.74 Å². The number of nitrogen functional groups attached to an aromatic ring is 1. The fourth-order valence-corrected chi connectivity index (χ4v) is 4.61. The van der Waals surface area contributed by atoms with E-state index < -0.39 is 0 Å². The molecule has 2 aromatic rings. The summed E-state index contributed by atoms with van der Waals surface area (Å²) in [4.78, 5) is 18.6. The van der Waals surface area contributed by atoms with Gasteiger partial charge in [0.2, 0.25) is 5.95 Å². The molecule has 134 valence electrons. The number of fused-ring (bicyclic) bond motifs is 2. The second-order valence-corrected chi connectivity index (χ2v) is 8.14. The summed E-state index contributed by atoms with van der Waals surface area (Å²) >= 11 is 6.18. The fraction of sp³-hybridized carbons (Fsp3) is 0.500. The van der Waals surface area contributed by atoms with Gasteiger partial charge >= 0.3 is 0 Å². The molecule has 2 atom stereocenters. The number of nitrogens with two attached hydrogens (primary N) is 1. The summed E-state index contributed by atoms with van der Waals surface area (Å²) in [5.41, 5.74) is 7.47. The van der Waals surface area contributed by atoms with Gasteiger partial charge in [-0.2, -0.15) is 4.98 Å². The maximum absolute atomic E-state index is 6.18. The predicted octanol–water partition coefficient (Wildman–Crippen LogP) is 1.96. The van der Waals surface area contributed by atoms with E-state index in [0.717, 1.165) is 48.6 Å². The molecule has 7 rings (SSSR count). The number of ether oxygens (including phenoxy) is 1. The van der Waals surface area contributed by atoms with Gasteiger partial charge in [-0.05, 0) is 24.8 Å². The first-order valence-corrected chi connectivity index (χ1v) is 9.49. The number of hydrogen-bond donors (Lipinski definition) is 1. The molecular weight excluding hydrogens is 352 g/mol. The highest BCUT2D eigenvalue weighted by Crippen LogP contribution is 2.43. The van der Waals surface area contributed by atoms with Gasteiger partial charge in [-0.3, -0.25) is 0 Å². The zero-order chi connectivity index (χ0) is 17.4. The van der Waals surface area contributed by atoms with E-state index in [0.29, 0.717) is 29.0 Å². The summed E-state index contributed by atoms with van der Waals surface area (Å²) < 4.78 is 5.54. The summed E-state index contributed by atoms with van der Waals surface area (Å²) in [7, 11) is 0. The van der Waals surface area contributed by atoms with Crippen molar-refractivity contribution in [2.75, 3.05) is 35.2 Å². The standard InChI is InChI=1S/C18H19ClN6O/c19-12-3-10(5-21-17(12)20)13-4-16(25-7-15-14(25)8-26-15)23-18(22-13)24-6-9-1-11(24)2-9/h3-5,9,11,14-15H,1-2,6-8H2,(H2,20,21)/t9?,11?,14-,15?/m1/s1. The van der Waals surface area contributed by atoms with E-state index in [9.17, 15) is 0 Å². The average Bonchev–Trinajstić information content (AvgIpc) is 3.20. The van der Waals surface area contributed by atoms with Crippen LogP contribution in [0.15, 0.2) is 18.3 Å². The van der Waals surface area contributed by atoms with E-state index in [1.165, 1.54) is 12.8 Å². The van der Waals surface area contributed by atoms with Crippen LogP contribution >= 0.6 is 11.6 Å². The van der Waals surface area contributed by atoms with E-state index in [-0.39, 0.29) is 0 Å². The number of aromatic nitrogens is 3. The van der Waals surface area contributed by atoms with Gasteiger partial charge in [-0.1, -0.05) is 11.6 Å². The molecule has 0 spiro atoms.